The van der Waals surface area contributed by atoms with Gasteiger partial charge in [-0.3, -0.25) is 4.21 Å². The summed E-state index contributed by atoms with van der Waals surface area (Å²) < 4.78 is 15.7. The predicted octanol–water partition coefficient (Wildman–Crippen LogP) is 0.712. The molecule has 1 N–H and O–H groups in total. The van der Waals surface area contributed by atoms with Crippen molar-refractivity contribution in [1.82, 2.24) is 5.32 Å². The Labute approximate surface area is 75.1 Å². The van der Waals surface area contributed by atoms with E-state index in [0.29, 0.717) is 5.92 Å². The van der Waals surface area contributed by atoms with Crippen LogP contribution in [0.1, 0.15) is 13.3 Å². The number of piperidine rings is 1. The average molecular weight is 190 g/mol. The van der Waals surface area contributed by atoms with Crippen LogP contribution >= 0.6 is 0 Å². The van der Waals surface area contributed by atoms with Gasteiger partial charge in [0.05, 0.1) is 6.04 Å². The van der Waals surface area contributed by atoms with E-state index in [2.05, 4.69) is 16.6 Å². The molecule has 1 fully saturated rings. The number of rotatable bonds is 1. The Morgan fingerprint density at radius 2 is 2.17 bits per heavy atom. The molecule has 0 amide bonds. The standard InChI is InChI=1S/C8H18N2OS/c1-7-4-5-9-6-8(7)10-12(2,3)11/h7-9H,4-6H2,1-3H3. The van der Waals surface area contributed by atoms with Gasteiger partial charge in [-0.05, 0) is 18.9 Å². The summed E-state index contributed by atoms with van der Waals surface area (Å²) in [4.78, 5) is 0. The van der Waals surface area contributed by atoms with Crippen molar-refractivity contribution in [1.29, 1.82) is 0 Å². The lowest BCUT2D eigenvalue weighted by Gasteiger charge is -2.26. The highest BCUT2D eigenvalue weighted by molar-refractivity contribution is 7.92. The molecule has 3 nitrogen and oxygen atoms in total. The second kappa shape index (κ2) is 3.75. The highest BCUT2D eigenvalue weighted by Crippen LogP contribution is 2.15. The second-order valence-corrected chi connectivity index (χ2v) is 6.40. The zero-order valence-electron chi connectivity index (χ0n) is 8.04. The Balaban J connectivity index is 2.68. The number of hydrogen-bond donors (Lipinski definition) is 1. The number of nitrogens with one attached hydrogen (secondary N) is 1. The fourth-order valence-electron chi connectivity index (χ4n) is 1.44. The zero-order chi connectivity index (χ0) is 9.19. The summed E-state index contributed by atoms with van der Waals surface area (Å²) in [5.74, 6) is 0.576. The topological polar surface area (TPSA) is 41.5 Å². The van der Waals surface area contributed by atoms with Crippen LogP contribution in [-0.4, -0.2) is 35.9 Å². The van der Waals surface area contributed by atoms with E-state index in [1.165, 1.54) is 0 Å². The van der Waals surface area contributed by atoms with Crippen molar-refractivity contribution in [3.63, 3.8) is 0 Å². The zero-order valence-corrected chi connectivity index (χ0v) is 8.86. The molecule has 1 saturated heterocycles. The van der Waals surface area contributed by atoms with E-state index < -0.39 is 9.73 Å². The Morgan fingerprint density at radius 3 is 2.67 bits per heavy atom. The second-order valence-electron chi connectivity index (χ2n) is 3.82. The molecule has 0 bridgehead atoms. The summed E-state index contributed by atoms with van der Waals surface area (Å²) in [6, 6.07) is 0.251. The van der Waals surface area contributed by atoms with E-state index in [-0.39, 0.29) is 6.04 Å². The van der Waals surface area contributed by atoms with E-state index in [4.69, 9.17) is 0 Å². The minimum atomic E-state index is -1.92. The van der Waals surface area contributed by atoms with Gasteiger partial charge < -0.3 is 5.32 Å². The molecule has 1 rings (SSSR count). The van der Waals surface area contributed by atoms with Crippen LogP contribution in [0.4, 0.5) is 0 Å². The number of nitrogens with zero attached hydrogens (tertiary/aromatic N) is 1. The first-order chi connectivity index (χ1) is 5.49. The molecule has 0 radical (unpaired) electrons. The molecule has 1 aliphatic heterocycles. The molecule has 0 spiro atoms. The van der Waals surface area contributed by atoms with E-state index in [1.807, 2.05) is 0 Å². The van der Waals surface area contributed by atoms with Crippen molar-refractivity contribution in [2.24, 2.45) is 10.3 Å². The van der Waals surface area contributed by atoms with E-state index in [0.717, 1.165) is 19.5 Å². The molecular formula is C8H18N2OS. The molecule has 1 heterocycles. The SMILES string of the molecule is CC1CCNCC1N=S(C)(C)=O. The van der Waals surface area contributed by atoms with E-state index >= 15 is 0 Å². The Morgan fingerprint density at radius 1 is 1.50 bits per heavy atom. The van der Waals surface area contributed by atoms with Crippen molar-refractivity contribution in [2.45, 2.75) is 19.4 Å². The lowest BCUT2D eigenvalue weighted by Crippen LogP contribution is -2.38. The molecule has 72 valence electrons. The molecule has 0 saturated carbocycles. The molecule has 0 aromatic carbocycles. The fourth-order valence-corrected chi connectivity index (χ4v) is 2.37. The largest absolute Gasteiger partial charge is 0.315 e. The van der Waals surface area contributed by atoms with Crippen molar-refractivity contribution in [3.05, 3.63) is 0 Å². The molecule has 0 aromatic rings. The molecular weight excluding hydrogens is 172 g/mol. The first-order valence-corrected chi connectivity index (χ1v) is 6.69. The van der Waals surface area contributed by atoms with Crippen molar-refractivity contribution in [3.8, 4) is 0 Å². The lowest BCUT2D eigenvalue weighted by molar-refractivity contribution is 0.351. The summed E-state index contributed by atoms with van der Waals surface area (Å²) >= 11 is 0. The van der Waals surface area contributed by atoms with E-state index in [9.17, 15) is 4.21 Å². The van der Waals surface area contributed by atoms with Crippen molar-refractivity contribution >= 4 is 9.73 Å². The maximum Gasteiger partial charge on any atom is 0.0744 e. The molecule has 0 aromatic heterocycles. The van der Waals surface area contributed by atoms with Crippen LogP contribution in [0.2, 0.25) is 0 Å². The first kappa shape index (κ1) is 9.99. The predicted molar refractivity (Wildman–Crippen MR) is 52.9 cm³/mol. The summed E-state index contributed by atoms with van der Waals surface area (Å²) in [6.45, 7) is 4.14. The Bertz CT molecular complexity index is 248. The van der Waals surface area contributed by atoms with E-state index in [1.54, 1.807) is 12.5 Å². The van der Waals surface area contributed by atoms with Gasteiger partial charge in [-0.1, -0.05) is 6.92 Å². The molecule has 0 aliphatic carbocycles. The first-order valence-electron chi connectivity index (χ1n) is 4.36. The van der Waals surface area contributed by atoms with Gasteiger partial charge in [-0.2, -0.15) is 0 Å². The third-order valence-electron chi connectivity index (χ3n) is 2.18. The van der Waals surface area contributed by atoms with Crippen molar-refractivity contribution in [2.75, 3.05) is 25.6 Å². The van der Waals surface area contributed by atoms with Gasteiger partial charge >= 0.3 is 0 Å². The summed E-state index contributed by atoms with van der Waals surface area (Å²) in [6.07, 6.45) is 4.55. The van der Waals surface area contributed by atoms with Gasteiger partial charge in [0.25, 0.3) is 0 Å². The highest BCUT2D eigenvalue weighted by Gasteiger charge is 2.20. The highest BCUT2D eigenvalue weighted by atomic mass is 32.2. The molecule has 4 heteroatoms. The van der Waals surface area contributed by atoms with Gasteiger partial charge in [0.15, 0.2) is 0 Å². The smallest absolute Gasteiger partial charge is 0.0744 e. The minimum Gasteiger partial charge on any atom is -0.315 e. The Kier molecular flexibility index (Phi) is 3.12. The fraction of sp³-hybridized carbons (Fsp3) is 1.00. The summed E-state index contributed by atoms with van der Waals surface area (Å²) in [5.41, 5.74) is 0. The van der Waals surface area contributed by atoms with Crippen LogP contribution in [0, 0.1) is 5.92 Å². The Hall–Kier alpha value is -0.0900. The van der Waals surface area contributed by atoms with Crippen LogP contribution in [0.15, 0.2) is 4.36 Å². The van der Waals surface area contributed by atoms with Gasteiger partial charge in [-0.15, -0.1) is 0 Å². The van der Waals surface area contributed by atoms with Gasteiger partial charge in [0.1, 0.15) is 0 Å². The molecule has 2 atom stereocenters. The molecule has 1 aliphatic rings. The van der Waals surface area contributed by atoms with Gasteiger partial charge in [0, 0.05) is 28.8 Å². The quantitative estimate of drug-likeness (QED) is 0.661. The maximum atomic E-state index is 11.4. The monoisotopic (exact) mass is 190 g/mol. The number of hydrogen-bond acceptors (Lipinski definition) is 3. The van der Waals surface area contributed by atoms with Crippen LogP contribution < -0.4 is 5.32 Å². The molecule has 12 heavy (non-hydrogen) atoms. The third kappa shape index (κ3) is 3.11. The van der Waals surface area contributed by atoms with Crippen molar-refractivity contribution < 1.29 is 4.21 Å². The van der Waals surface area contributed by atoms with Crippen LogP contribution in [0.5, 0.6) is 0 Å². The summed E-state index contributed by atoms with van der Waals surface area (Å²) in [7, 11) is -1.92. The van der Waals surface area contributed by atoms with Gasteiger partial charge in [-0.25, -0.2) is 4.36 Å². The van der Waals surface area contributed by atoms with Gasteiger partial charge in [0.2, 0.25) is 0 Å². The molecule has 2 unspecified atom stereocenters. The maximum absolute atomic E-state index is 11.4. The van der Waals surface area contributed by atoms with Crippen LogP contribution in [-0.2, 0) is 9.73 Å². The minimum absolute atomic E-state index is 0.251. The average Bonchev–Trinajstić information content (AvgIpc) is 1.91. The van der Waals surface area contributed by atoms with Crippen LogP contribution in [0.25, 0.3) is 0 Å². The summed E-state index contributed by atoms with van der Waals surface area (Å²) in [5, 5.41) is 3.27. The normalized spacial score (nSPS) is 31.6. The van der Waals surface area contributed by atoms with Crippen LogP contribution in [0.3, 0.4) is 0 Å². The third-order valence-corrected chi connectivity index (χ3v) is 2.95. The lowest BCUT2D eigenvalue weighted by atomic mass is 9.96.